The fourth-order valence-electron chi connectivity index (χ4n) is 18.3. The van der Waals surface area contributed by atoms with Crippen LogP contribution in [0.5, 0.6) is 0 Å². The summed E-state index contributed by atoms with van der Waals surface area (Å²) >= 11 is 8.39. The number of aromatic nitrogens is 9. The average molecular weight is 2000 g/mol. The summed E-state index contributed by atoms with van der Waals surface area (Å²) < 4.78 is 3.59. The van der Waals surface area contributed by atoms with Crippen LogP contribution in [-0.4, -0.2) is 92.9 Å². The van der Waals surface area contributed by atoms with Gasteiger partial charge in [-0.1, -0.05) is 146 Å². The van der Waals surface area contributed by atoms with Crippen LogP contribution >= 0.6 is 0 Å². The van der Waals surface area contributed by atoms with Gasteiger partial charge in [0.15, 0.2) is 0 Å². The molecular formula is C129H87N9Se3. The molecule has 141 heavy (non-hydrogen) atoms. The molecule has 0 bridgehead atoms. The number of benzene rings is 21. The van der Waals surface area contributed by atoms with Gasteiger partial charge in [0.05, 0.1) is 0 Å². The van der Waals surface area contributed by atoms with Crippen molar-refractivity contribution in [2.24, 2.45) is 0 Å². The predicted molar refractivity (Wildman–Crippen MR) is 590 cm³/mol. The summed E-state index contributed by atoms with van der Waals surface area (Å²) in [5, 5.41) is 6.87. The van der Waals surface area contributed by atoms with Crippen LogP contribution in [0, 0.1) is 0 Å². The van der Waals surface area contributed by atoms with Gasteiger partial charge in [0.2, 0.25) is 0 Å². The summed E-state index contributed by atoms with van der Waals surface area (Å²) in [6, 6.07) is 177. The first kappa shape index (κ1) is 89.2. The van der Waals surface area contributed by atoms with Crippen molar-refractivity contribution in [3.8, 4) is 203 Å². The Morgan fingerprint density at radius 2 is 0.326 bits per heavy atom. The first-order valence-electron chi connectivity index (χ1n) is 46.8. The van der Waals surface area contributed by atoms with Crippen molar-refractivity contribution in [2.75, 3.05) is 0 Å². The van der Waals surface area contributed by atoms with Crippen molar-refractivity contribution in [3.63, 3.8) is 0 Å². The maximum absolute atomic E-state index is 5.13. The SMILES string of the molecule is [SeH]c1c(-c2ccccc2)cccc1-c1cccc2c(-c3nc(-c4ccccc4)nc(-c4cccc(-c5ccccc5)c4)n3)cccc12.[SeH]c1c(-c2ccccc2)cccc1-c1cccc2cc(-c3nc(-c4ccccc4)nc(-c4ccc(-c5ccccc5)cc4)n3)ccc12.[SeH]c1c(-c2ccccc2)cccc1-c1cccc2ccc(-c3nc(-c4ccccc4)nc(-c4cccc(-c5ccccc5)c4)n3)cc12. The third-order valence-electron chi connectivity index (χ3n) is 25.4. The van der Waals surface area contributed by atoms with E-state index < -0.39 is 0 Å². The van der Waals surface area contributed by atoms with E-state index in [0.717, 1.165) is 105 Å². The van der Waals surface area contributed by atoms with Gasteiger partial charge in [0.1, 0.15) is 0 Å². The quantitative estimate of drug-likeness (QED) is 0.0774. The first-order chi connectivity index (χ1) is 69.6. The van der Waals surface area contributed by atoms with Crippen LogP contribution in [-0.2, 0) is 0 Å². The molecule has 0 spiro atoms. The van der Waals surface area contributed by atoms with E-state index in [4.69, 9.17) is 44.9 Å². The average Bonchev–Trinajstić information content (AvgIpc) is 1.68. The third-order valence-corrected chi connectivity index (χ3v) is 28.4. The van der Waals surface area contributed by atoms with Crippen LogP contribution in [0.1, 0.15) is 0 Å². The van der Waals surface area contributed by atoms with E-state index in [1.807, 2.05) is 109 Å². The Morgan fingerprint density at radius 1 is 0.106 bits per heavy atom. The molecule has 0 aliphatic carbocycles. The standard InChI is InChI=1S/3C43H29N3Se/c47-40-34(30-16-6-2-7-17-30)22-11-26-38(40)36-24-12-25-37-35(36)23-13-27-39(37)43-45-41(31-18-8-3-9-19-31)44-42(46-43)33-21-10-20-32(28-33)29-14-4-1-5-15-29;47-40-36(30-15-6-2-7-16-30)22-12-24-38(40)37-23-11-19-31-25-26-35(28-39(31)37)43-45-41(32-17-8-3-9-18-32)44-42(46-43)34-21-10-20-33(27-34)29-13-4-1-5-14-29;47-40-37(31-14-6-2-7-15-31)19-11-21-39(40)38-20-10-18-34-28-35(26-27-36(34)38)43-45-41(32-16-8-3-9-17-32)44-42(46-43)33-24-22-30(23-25-33)29-12-4-1-5-13-29/h3*1-28,47H. The van der Waals surface area contributed by atoms with Crippen molar-refractivity contribution >= 4 is 93.7 Å². The Balaban J connectivity index is 0.000000121. The summed E-state index contributed by atoms with van der Waals surface area (Å²) in [5.41, 5.74) is 29.8. The Bertz CT molecular complexity index is 8560. The molecule has 0 N–H and O–H groups in total. The second kappa shape index (κ2) is 41.1. The molecule has 24 rings (SSSR count). The van der Waals surface area contributed by atoms with Gasteiger partial charge < -0.3 is 0 Å². The van der Waals surface area contributed by atoms with Crippen molar-refractivity contribution in [2.45, 2.75) is 0 Å². The molecule has 0 fully saturated rings. The van der Waals surface area contributed by atoms with Crippen molar-refractivity contribution in [1.82, 2.24) is 44.9 Å². The molecular weight excluding hydrogens is 1910 g/mol. The molecule has 0 radical (unpaired) electrons. The molecule has 0 aliphatic heterocycles. The fraction of sp³-hybridized carbons (Fsp3) is 0. The maximum atomic E-state index is 5.13. The van der Waals surface area contributed by atoms with Gasteiger partial charge in [-0.25, -0.2) is 0 Å². The topological polar surface area (TPSA) is 116 Å². The summed E-state index contributed by atoms with van der Waals surface area (Å²) in [4.78, 5) is 45.3. The monoisotopic (exact) mass is 2000 g/mol. The minimum atomic E-state index is 0.640. The minimum absolute atomic E-state index is 0.640. The van der Waals surface area contributed by atoms with Gasteiger partial charge in [-0.15, -0.1) is 0 Å². The van der Waals surface area contributed by atoms with Crippen LogP contribution in [0.4, 0.5) is 0 Å². The van der Waals surface area contributed by atoms with Crippen LogP contribution in [0.15, 0.2) is 510 Å². The van der Waals surface area contributed by atoms with E-state index in [9.17, 15) is 0 Å². The Morgan fingerprint density at radius 3 is 0.716 bits per heavy atom. The van der Waals surface area contributed by atoms with Gasteiger partial charge >= 0.3 is 683 Å². The second-order valence-electron chi connectivity index (χ2n) is 34.2. The van der Waals surface area contributed by atoms with Crippen LogP contribution in [0.25, 0.3) is 235 Å². The van der Waals surface area contributed by atoms with E-state index in [0.29, 0.717) is 52.4 Å². The number of hydrogen-bond donors (Lipinski definition) is 0. The normalized spacial score (nSPS) is 11.1. The number of rotatable bonds is 18. The summed E-state index contributed by atoms with van der Waals surface area (Å²) in [6.45, 7) is 0. The molecule has 12 heteroatoms. The molecule has 0 saturated carbocycles. The molecule has 0 amide bonds. The van der Waals surface area contributed by atoms with E-state index in [-0.39, 0.29) is 0 Å². The molecule has 21 aromatic carbocycles. The van der Waals surface area contributed by atoms with E-state index in [1.54, 1.807) is 0 Å². The zero-order chi connectivity index (χ0) is 94.7. The van der Waals surface area contributed by atoms with Gasteiger partial charge in [-0.2, -0.15) is 0 Å². The molecule has 0 aliphatic rings. The van der Waals surface area contributed by atoms with E-state index >= 15 is 0 Å². The number of nitrogens with zero attached hydrogens (tertiary/aromatic N) is 9. The third kappa shape index (κ3) is 19.4. The van der Waals surface area contributed by atoms with Gasteiger partial charge in [-0.05, 0) is 22.3 Å². The van der Waals surface area contributed by atoms with Crippen LogP contribution < -0.4 is 13.4 Å². The second-order valence-corrected chi connectivity index (χ2v) is 37.1. The first-order valence-corrected chi connectivity index (χ1v) is 49.6. The summed E-state index contributed by atoms with van der Waals surface area (Å²) in [6.07, 6.45) is 0. The fourth-order valence-corrected chi connectivity index (χ4v) is 20.8. The van der Waals surface area contributed by atoms with Crippen LogP contribution in [0.3, 0.4) is 0 Å². The van der Waals surface area contributed by atoms with Gasteiger partial charge in [0, 0.05) is 0 Å². The summed E-state index contributed by atoms with van der Waals surface area (Å²) in [7, 11) is 0. The predicted octanol–water partition coefficient (Wildman–Crippen LogP) is 28.7. The van der Waals surface area contributed by atoms with Crippen LogP contribution in [0.2, 0.25) is 0 Å². The Hall–Kier alpha value is -17.0. The van der Waals surface area contributed by atoms with Crippen molar-refractivity contribution in [3.05, 3.63) is 510 Å². The molecule has 3 heterocycles. The molecule has 0 unspecified atom stereocenters. The molecule has 0 saturated heterocycles. The molecule has 9 nitrogen and oxygen atoms in total. The molecule has 24 aromatic rings. The Labute approximate surface area is 843 Å². The van der Waals surface area contributed by atoms with Crippen molar-refractivity contribution in [1.29, 1.82) is 0 Å². The summed E-state index contributed by atoms with van der Waals surface area (Å²) in [5.74, 6) is 5.81. The molecule has 0 atom stereocenters. The zero-order valence-corrected chi connectivity index (χ0v) is 82.0. The molecule has 3 aromatic heterocycles. The van der Waals surface area contributed by atoms with Gasteiger partial charge in [-0.3, -0.25) is 0 Å². The number of fused-ring (bicyclic) bond motifs is 3. The van der Waals surface area contributed by atoms with E-state index in [2.05, 4.69) is 448 Å². The zero-order valence-electron chi connectivity index (χ0n) is 76.4. The molecule has 666 valence electrons. The van der Waals surface area contributed by atoms with Gasteiger partial charge in [0.25, 0.3) is 0 Å². The van der Waals surface area contributed by atoms with Crippen molar-refractivity contribution < 1.29 is 0 Å². The van der Waals surface area contributed by atoms with E-state index in [1.165, 1.54) is 91.1 Å². The Kier molecular flexibility index (Phi) is 26.0. The number of hydrogen-bond acceptors (Lipinski definition) is 9.